The van der Waals surface area contributed by atoms with E-state index < -0.39 is 12.1 Å². The molecule has 7 nitrogen and oxygen atoms in total. The summed E-state index contributed by atoms with van der Waals surface area (Å²) in [5, 5.41) is 15.0. The molecule has 4 rings (SSSR count). The number of alkyl carbamates (subject to hydrolysis) is 1. The van der Waals surface area contributed by atoms with Gasteiger partial charge in [-0.2, -0.15) is 0 Å². The average molecular weight is 479 g/mol. The second kappa shape index (κ2) is 10.9. The van der Waals surface area contributed by atoms with E-state index in [-0.39, 0.29) is 48.6 Å². The molecule has 0 aromatic heterocycles. The molecule has 0 saturated heterocycles. The summed E-state index contributed by atoms with van der Waals surface area (Å²) in [6, 6.07) is 16.3. The van der Waals surface area contributed by atoms with E-state index in [2.05, 4.69) is 34.9 Å². The van der Waals surface area contributed by atoms with Crippen molar-refractivity contribution in [2.75, 3.05) is 13.2 Å². The molecule has 0 bridgehead atoms. The molecule has 7 heteroatoms. The van der Waals surface area contributed by atoms with Crippen LogP contribution in [0.1, 0.15) is 56.6 Å². The van der Waals surface area contributed by atoms with Gasteiger partial charge in [0.05, 0.1) is 5.92 Å². The molecule has 2 amide bonds. The summed E-state index contributed by atoms with van der Waals surface area (Å²) in [7, 11) is 0. The molecule has 0 spiro atoms. The van der Waals surface area contributed by atoms with Gasteiger partial charge in [-0.15, -0.1) is 0 Å². The topological polar surface area (TPSA) is 105 Å². The van der Waals surface area contributed by atoms with Gasteiger partial charge in [-0.25, -0.2) is 4.79 Å². The second-order valence-electron chi connectivity index (χ2n) is 10.0. The molecule has 186 valence electrons. The maximum absolute atomic E-state index is 12.6. The fourth-order valence-electron chi connectivity index (χ4n) is 5.27. The maximum atomic E-state index is 12.6. The number of amides is 2. The number of carboxylic acids is 1. The maximum Gasteiger partial charge on any atom is 0.407 e. The monoisotopic (exact) mass is 478 g/mol. The first-order valence-electron chi connectivity index (χ1n) is 12.4. The largest absolute Gasteiger partial charge is 0.481 e. The smallest absolute Gasteiger partial charge is 0.407 e. The highest BCUT2D eigenvalue weighted by Crippen LogP contribution is 2.44. The molecule has 3 atom stereocenters. The van der Waals surface area contributed by atoms with Crippen LogP contribution in [0, 0.1) is 17.8 Å². The van der Waals surface area contributed by atoms with Crippen molar-refractivity contribution in [1.82, 2.24) is 10.6 Å². The number of fused-ring (bicyclic) bond motifs is 3. The highest BCUT2D eigenvalue weighted by Gasteiger charge is 2.32. The molecule has 0 radical (unpaired) electrons. The Balaban J connectivity index is 1.26. The third-order valence-corrected chi connectivity index (χ3v) is 7.39. The Bertz CT molecular complexity index is 1040. The molecule has 3 N–H and O–H groups in total. The first-order valence-corrected chi connectivity index (χ1v) is 12.4. The normalized spacial score (nSPS) is 19.6. The van der Waals surface area contributed by atoms with Crippen molar-refractivity contribution in [2.24, 2.45) is 17.8 Å². The Hall–Kier alpha value is -3.35. The zero-order valence-electron chi connectivity index (χ0n) is 20.3. The summed E-state index contributed by atoms with van der Waals surface area (Å²) in [6.45, 7) is 4.63. The van der Waals surface area contributed by atoms with Crippen molar-refractivity contribution in [3.63, 3.8) is 0 Å². The molecule has 35 heavy (non-hydrogen) atoms. The van der Waals surface area contributed by atoms with Crippen LogP contribution in [-0.4, -0.2) is 42.3 Å². The van der Waals surface area contributed by atoms with Gasteiger partial charge in [0, 0.05) is 24.9 Å². The lowest BCUT2D eigenvalue weighted by molar-refractivity contribution is -0.141. The first-order chi connectivity index (χ1) is 16.8. The van der Waals surface area contributed by atoms with Gasteiger partial charge in [0.1, 0.15) is 6.61 Å². The van der Waals surface area contributed by atoms with E-state index in [0.29, 0.717) is 25.8 Å². The van der Waals surface area contributed by atoms with Crippen molar-refractivity contribution >= 4 is 18.0 Å². The van der Waals surface area contributed by atoms with Gasteiger partial charge in [0.15, 0.2) is 0 Å². The quantitative estimate of drug-likeness (QED) is 0.490. The first kappa shape index (κ1) is 24.8. The van der Waals surface area contributed by atoms with Crippen LogP contribution in [-0.2, 0) is 14.3 Å². The summed E-state index contributed by atoms with van der Waals surface area (Å²) >= 11 is 0. The number of nitrogens with one attached hydrogen (secondary N) is 2. The SMILES string of the molecule is CC(C)C(CNC(=O)OCC1c2ccccc2-c2ccccc21)CC(=O)NC1CCC(C(=O)O)C1. The van der Waals surface area contributed by atoms with E-state index in [9.17, 15) is 14.4 Å². The fraction of sp³-hybridized carbons (Fsp3) is 0.464. The number of aliphatic carboxylic acids is 1. The predicted octanol–water partition coefficient (Wildman–Crippen LogP) is 4.56. The Morgan fingerprint density at radius 3 is 2.20 bits per heavy atom. The number of hydrogen-bond donors (Lipinski definition) is 3. The Labute approximate surface area is 206 Å². The summed E-state index contributed by atoms with van der Waals surface area (Å²) in [5.41, 5.74) is 4.69. The van der Waals surface area contributed by atoms with E-state index >= 15 is 0 Å². The van der Waals surface area contributed by atoms with Gasteiger partial charge in [0.25, 0.3) is 0 Å². The standard InChI is InChI=1S/C28H34N2O5/c1-17(2)19(14-26(31)30-20-12-11-18(13-20)27(32)33)15-29-28(34)35-16-25-23-9-5-3-7-21(23)22-8-4-6-10-24(22)25/h3-10,17-20,25H,11-16H2,1-2H3,(H,29,34)(H,30,31)(H,32,33). The third-order valence-electron chi connectivity index (χ3n) is 7.39. The zero-order valence-corrected chi connectivity index (χ0v) is 20.3. The van der Waals surface area contributed by atoms with Crippen LogP contribution >= 0.6 is 0 Å². The number of benzene rings is 2. The van der Waals surface area contributed by atoms with E-state index in [4.69, 9.17) is 9.84 Å². The van der Waals surface area contributed by atoms with Crippen LogP contribution in [0.25, 0.3) is 11.1 Å². The minimum absolute atomic E-state index is 0.000799. The van der Waals surface area contributed by atoms with Gasteiger partial charge in [-0.05, 0) is 53.4 Å². The molecular weight excluding hydrogens is 444 g/mol. The molecule has 0 aliphatic heterocycles. The van der Waals surface area contributed by atoms with E-state index in [1.165, 1.54) is 11.1 Å². The van der Waals surface area contributed by atoms with Crippen LogP contribution < -0.4 is 10.6 Å². The Morgan fingerprint density at radius 2 is 1.63 bits per heavy atom. The van der Waals surface area contributed by atoms with Crippen molar-refractivity contribution in [3.8, 4) is 11.1 Å². The lowest BCUT2D eigenvalue weighted by Gasteiger charge is -2.22. The number of ether oxygens (including phenoxy) is 1. The second-order valence-corrected chi connectivity index (χ2v) is 10.0. The lowest BCUT2D eigenvalue weighted by atomic mass is 9.92. The highest BCUT2D eigenvalue weighted by atomic mass is 16.5. The van der Waals surface area contributed by atoms with Crippen molar-refractivity contribution in [3.05, 3.63) is 59.7 Å². The highest BCUT2D eigenvalue weighted by molar-refractivity contribution is 5.79. The lowest BCUT2D eigenvalue weighted by Crippen LogP contribution is -2.38. The minimum atomic E-state index is -0.797. The van der Waals surface area contributed by atoms with E-state index in [0.717, 1.165) is 11.1 Å². The van der Waals surface area contributed by atoms with Crippen LogP contribution in [0.4, 0.5) is 4.79 Å². The van der Waals surface area contributed by atoms with Crippen molar-refractivity contribution in [1.29, 1.82) is 0 Å². The summed E-state index contributed by atoms with van der Waals surface area (Å²) in [6.07, 6.45) is 1.55. The van der Waals surface area contributed by atoms with E-state index in [1.54, 1.807) is 0 Å². The van der Waals surface area contributed by atoms with Gasteiger partial charge in [-0.1, -0.05) is 62.4 Å². The van der Waals surface area contributed by atoms with Gasteiger partial charge < -0.3 is 20.5 Å². The molecule has 1 saturated carbocycles. The van der Waals surface area contributed by atoms with Crippen LogP contribution in [0.15, 0.2) is 48.5 Å². The van der Waals surface area contributed by atoms with Gasteiger partial charge >= 0.3 is 12.1 Å². The molecule has 1 fully saturated rings. The molecule has 2 aliphatic carbocycles. The van der Waals surface area contributed by atoms with Gasteiger partial charge in [0.2, 0.25) is 5.91 Å². The summed E-state index contributed by atoms with van der Waals surface area (Å²) in [5.74, 6) is -1.14. The summed E-state index contributed by atoms with van der Waals surface area (Å²) < 4.78 is 5.61. The number of carbonyl (C=O) groups excluding carboxylic acids is 2. The summed E-state index contributed by atoms with van der Waals surface area (Å²) in [4.78, 5) is 36.2. The van der Waals surface area contributed by atoms with Crippen LogP contribution in [0.5, 0.6) is 0 Å². The average Bonchev–Trinajstić information content (AvgIpc) is 3.43. The molecule has 2 aromatic rings. The molecule has 0 heterocycles. The predicted molar refractivity (Wildman–Crippen MR) is 133 cm³/mol. The number of rotatable bonds is 9. The molecule has 3 unspecified atom stereocenters. The minimum Gasteiger partial charge on any atom is -0.481 e. The van der Waals surface area contributed by atoms with Crippen molar-refractivity contribution in [2.45, 2.75) is 51.5 Å². The zero-order chi connectivity index (χ0) is 24.9. The van der Waals surface area contributed by atoms with E-state index in [1.807, 2.05) is 38.1 Å². The number of carboxylic acid groups (broad SMARTS) is 1. The number of hydrogen-bond acceptors (Lipinski definition) is 4. The van der Waals surface area contributed by atoms with Crippen LogP contribution in [0.2, 0.25) is 0 Å². The van der Waals surface area contributed by atoms with Gasteiger partial charge in [-0.3, -0.25) is 9.59 Å². The third kappa shape index (κ3) is 5.84. The molecule has 2 aliphatic rings. The Kier molecular flexibility index (Phi) is 7.73. The molecular formula is C28H34N2O5. The van der Waals surface area contributed by atoms with Crippen molar-refractivity contribution < 1.29 is 24.2 Å². The Morgan fingerprint density at radius 1 is 1.00 bits per heavy atom. The fourth-order valence-corrected chi connectivity index (χ4v) is 5.27. The van der Waals surface area contributed by atoms with Crippen LogP contribution in [0.3, 0.4) is 0 Å². The number of carbonyl (C=O) groups is 3. The molecule has 2 aromatic carbocycles.